The minimum absolute atomic E-state index is 0.0265. The standard InChI is InChI=1S/C13H10N2OS/c1-8-2-3-9-10(5-14-11(9)4-8)13(16)12-6-17-7-15-12/h2-7,14H,1H3. The highest BCUT2D eigenvalue weighted by molar-refractivity contribution is 7.07. The number of nitrogens with zero attached hydrogens (tertiary/aromatic N) is 1. The molecule has 3 rings (SSSR count). The highest BCUT2D eigenvalue weighted by Crippen LogP contribution is 2.22. The van der Waals surface area contributed by atoms with Gasteiger partial charge >= 0.3 is 0 Å². The van der Waals surface area contributed by atoms with E-state index in [1.165, 1.54) is 16.9 Å². The van der Waals surface area contributed by atoms with Gasteiger partial charge in [0.25, 0.3) is 0 Å². The molecule has 84 valence electrons. The molecule has 4 heteroatoms. The first kappa shape index (κ1) is 10.2. The molecule has 0 aliphatic heterocycles. The summed E-state index contributed by atoms with van der Waals surface area (Å²) in [5.41, 5.74) is 5.03. The van der Waals surface area contributed by atoms with Gasteiger partial charge in [-0.1, -0.05) is 12.1 Å². The number of aromatic nitrogens is 2. The number of aromatic amines is 1. The maximum absolute atomic E-state index is 12.2. The zero-order valence-electron chi connectivity index (χ0n) is 9.23. The number of ketones is 1. The molecule has 17 heavy (non-hydrogen) atoms. The van der Waals surface area contributed by atoms with Gasteiger partial charge < -0.3 is 4.98 Å². The molecule has 0 saturated carbocycles. The molecular weight excluding hydrogens is 232 g/mol. The topological polar surface area (TPSA) is 45.8 Å². The Hall–Kier alpha value is -1.94. The number of carbonyl (C=O) groups is 1. The SMILES string of the molecule is Cc1ccc2c(C(=O)c3cscn3)c[nH]c2c1. The molecular formula is C13H10N2OS. The fourth-order valence-corrected chi connectivity index (χ4v) is 2.42. The van der Waals surface area contributed by atoms with E-state index in [-0.39, 0.29) is 5.78 Å². The third-order valence-corrected chi connectivity index (χ3v) is 3.33. The number of hydrogen-bond donors (Lipinski definition) is 1. The second kappa shape index (κ2) is 3.82. The number of thiazole rings is 1. The van der Waals surface area contributed by atoms with E-state index in [0.29, 0.717) is 11.3 Å². The third-order valence-electron chi connectivity index (χ3n) is 2.75. The van der Waals surface area contributed by atoms with E-state index >= 15 is 0 Å². The summed E-state index contributed by atoms with van der Waals surface area (Å²) in [5.74, 6) is -0.0265. The summed E-state index contributed by atoms with van der Waals surface area (Å²) in [5, 5.41) is 2.73. The van der Waals surface area contributed by atoms with E-state index < -0.39 is 0 Å². The maximum Gasteiger partial charge on any atom is 0.214 e. The number of rotatable bonds is 2. The van der Waals surface area contributed by atoms with Crippen molar-refractivity contribution in [3.8, 4) is 0 Å². The van der Waals surface area contributed by atoms with Gasteiger partial charge in [-0.15, -0.1) is 11.3 Å². The van der Waals surface area contributed by atoms with Gasteiger partial charge in [-0.3, -0.25) is 4.79 Å². The van der Waals surface area contributed by atoms with Crippen LogP contribution in [-0.4, -0.2) is 15.8 Å². The summed E-state index contributed by atoms with van der Waals surface area (Å²) >= 11 is 1.43. The Bertz CT molecular complexity index is 683. The minimum atomic E-state index is -0.0265. The van der Waals surface area contributed by atoms with E-state index in [0.717, 1.165) is 10.9 Å². The Balaban J connectivity index is 2.15. The lowest BCUT2D eigenvalue weighted by Crippen LogP contribution is -2.00. The van der Waals surface area contributed by atoms with Crippen molar-refractivity contribution in [1.29, 1.82) is 0 Å². The summed E-state index contributed by atoms with van der Waals surface area (Å²) < 4.78 is 0. The van der Waals surface area contributed by atoms with Crippen LogP contribution in [0.15, 0.2) is 35.3 Å². The van der Waals surface area contributed by atoms with Gasteiger partial charge in [0.15, 0.2) is 0 Å². The molecule has 2 aromatic heterocycles. The van der Waals surface area contributed by atoms with E-state index in [1.54, 1.807) is 17.1 Å². The second-order valence-electron chi connectivity index (χ2n) is 3.95. The highest BCUT2D eigenvalue weighted by atomic mass is 32.1. The van der Waals surface area contributed by atoms with Crippen molar-refractivity contribution in [3.05, 3.63) is 52.1 Å². The van der Waals surface area contributed by atoms with Crippen molar-refractivity contribution in [2.24, 2.45) is 0 Å². The van der Waals surface area contributed by atoms with Gasteiger partial charge in [-0.2, -0.15) is 0 Å². The van der Waals surface area contributed by atoms with Crippen LogP contribution in [0.2, 0.25) is 0 Å². The Morgan fingerprint density at radius 1 is 1.41 bits per heavy atom. The molecule has 1 aromatic carbocycles. The minimum Gasteiger partial charge on any atom is -0.360 e. The molecule has 0 aliphatic carbocycles. The zero-order valence-corrected chi connectivity index (χ0v) is 10.0. The molecule has 0 bridgehead atoms. The Labute approximate surface area is 102 Å². The largest absolute Gasteiger partial charge is 0.360 e. The van der Waals surface area contributed by atoms with Crippen molar-refractivity contribution in [2.75, 3.05) is 0 Å². The summed E-state index contributed by atoms with van der Waals surface area (Å²) in [6, 6.07) is 6.02. The molecule has 0 aliphatic rings. The third kappa shape index (κ3) is 1.66. The molecule has 2 heterocycles. The first-order valence-corrected chi connectivity index (χ1v) is 6.20. The van der Waals surface area contributed by atoms with Crippen LogP contribution in [0.5, 0.6) is 0 Å². The molecule has 0 spiro atoms. The van der Waals surface area contributed by atoms with E-state index in [1.807, 2.05) is 25.1 Å². The van der Waals surface area contributed by atoms with Crippen LogP contribution in [0, 0.1) is 6.92 Å². The summed E-state index contributed by atoms with van der Waals surface area (Å²) in [6.45, 7) is 2.03. The molecule has 0 fully saturated rings. The quantitative estimate of drug-likeness (QED) is 0.701. The van der Waals surface area contributed by atoms with Crippen LogP contribution >= 0.6 is 11.3 Å². The second-order valence-corrected chi connectivity index (χ2v) is 4.67. The normalized spacial score (nSPS) is 10.9. The molecule has 3 nitrogen and oxygen atoms in total. The smallest absolute Gasteiger partial charge is 0.214 e. The number of H-pyrrole nitrogens is 1. The highest BCUT2D eigenvalue weighted by Gasteiger charge is 2.15. The molecule has 0 atom stereocenters. The van der Waals surface area contributed by atoms with Crippen molar-refractivity contribution in [1.82, 2.24) is 9.97 Å². The number of benzene rings is 1. The van der Waals surface area contributed by atoms with Crippen molar-refractivity contribution >= 4 is 28.0 Å². The molecule has 0 unspecified atom stereocenters. The van der Waals surface area contributed by atoms with Crippen LogP contribution in [0.4, 0.5) is 0 Å². The average molecular weight is 242 g/mol. The van der Waals surface area contributed by atoms with Gasteiger partial charge in [0.05, 0.1) is 5.51 Å². The summed E-state index contributed by atoms with van der Waals surface area (Å²) in [4.78, 5) is 19.4. The van der Waals surface area contributed by atoms with Crippen molar-refractivity contribution < 1.29 is 4.79 Å². The van der Waals surface area contributed by atoms with Gasteiger partial charge in [0, 0.05) is 28.0 Å². The number of aryl methyl sites for hydroxylation is 1. The molecule has 0 radical (unpaired) electrons. The first-order chi connectivity index (χ1) is 8.25. The monoisotopic (exact) mass is 242 g/mol. The lowest BCUT2D eigenvalue weighted by Gasteiger charge is -1.96. The van der Waals surface area contributed by atoms with Gasteiger partial charge in [-0.25, -0.2) is 4.98 Å². The molecule has 1 N–H and O–H groups in total. The Morgan fingerprint density at radius 2 is 2.29 bits per heavy atom. The number of fused-ring (bicyclic) bond motifs is 1. The predicted molar refractivity (Wildman–Crippen MR) is 68.6 cm³/mol. The van der Waals surface area contributed by atoms with E-state index in [2.05, 4.69) is 9.97 Å². The Morgan fingerprint density at radius 3 is 3.06 bits per heavy atom. The van der Waals surface area contributed by atoms with Crippen molar-refractivity contribution in [2.45, 2.75) is 6.92 Å². The maximum atomic E-state index is 12.2. The average Bonchev–Trinajstić information content (AvgIpc) is 2.96. The van der Waals surface area contributed by atoms with Gasteiger partial charge in [0.1, 0.15) is 5.69 Å². The number of nitrogens with one attached hydrogen (secondary N) is 1. The van der Waals surface area contributed by atoms with Gasteiger partial charge in [0.2, 0.25) is 5.78 Å². The molecule has 0 amide bonds. The van der Waals surface area contributed by atoms with Crippen LogP contribution in [0.3, 0.4) is 0 Å². The molecule has 0 saturated heterocycles. The van der Waals surface area contributed by atoms with Crippen LogP contribution in [0.25, 0.3) is 10.9 Å². The van der Waals surface area contributed by atoms with Crippen molar-refractivity contribution in [3.63, 3.8) is 0 Å². The summed E-state index contributed by atoms with van der Waals surface area (Å²) in [7, 11) is 0. The summed E-state index contributed by atoms with van der Waals surface area (Å²) in [6.07, 6.45) is 1.76. The fourth-order valence-electron chi connectivity index (χ4n) is 1.89. The van der Waals surface area contributed by atoms with Crippen LogP contribution < -0.4 is 0 Å². The first-order valence-electron chi connectivity index (χ1n) is 5.26. The lowest BCUT2D eigenvalue weighted by molar-refractivity contribution is 0.103. The van der Waals surface area contributed by atoms with Crippen LogP contribution in [0.1, 0.15) is 21.6 Å². The van der Waals surface area contributed by atoms with Crippen LogP contribution in [-0.2, 0) is 0 Å². The zero-order chi connectivity index (χ0) is 11.8. The van der Waals surface area contributed by atoms with Gasteiger partial charge in [-0.05, 0) is 18.6 Å². The number of carbonyl (C=O) groups excluding carboxylic acids is 1. The molecule has 3 aromatic rings. The van der Waals surface area contributed by atoms with E-state index in [9.17, 15) is 4.79 Å². The number of hydrogen-bond acceptors (Lipinski definition) is 3. The Kier molecular flexibility index (Phi) is 2.30. The fraction of sp³-hybridized carbons (Fsp3) is 0.0769. The predicted octanol–water partition coefficient (Wildman–Crippen LogP) is 3.16. The lowest BCUT2D eigenvalue weighted by atomic mass is 10.1. The van der Waals surface area contributed by atoms with E-state index in [4.69, 9.17) is 0 Å².